The van der Waals surface area contributed by atoms with E-state index in [-0.39, 0.29) is 0 Å². The van der Waals surface area contributed by atoms with Crippen molar-refractivity contribution in [2.45, 2.75) is 44.9 Å². The first-order chi connectivity index (χ1) is 10.1. The number of likely N-dealkylation sites (tertiary alicyclic amines) is 1. The lowest BCUT2D eigenvalue weighted by Gasteiger charge is -2.42. The maximum Gasteiger partial charge on any atom is 0.309 e. The lowest BCUT2D eigenvalue weighted by atomic mass is 9.73. The van der Waals surface area contributed by atoms with Gasteiger partial charge in [0.2, 0.25) is 0 Å². The Bertz CT molecular complexity index is 518. The molecule has 1 fully saturated rings. The molecule has 3 heteroatoms. The summed E-state index contributed by atoms with van der Waals surface area (Å²) >= 11 is 0. The van der Waals surface area contributed by atoms with Gasteiger partial charge in [0.05, 0.1) is 5.41 Å². The van der Waals surface area contributed by atoms with Gasteiger partial charge in [-0.05, 0) is 49.9 Å². The minimum Gasteiger partial charge on any atom is -0.481 e. The quantitative estimate of drug-likeness (QED) is 0.903. The molecule has 3 rings (SSSR count). The maximum atomic E-state index is 11.6. The Kier molecular flexibility index (Phi) is 4.03. The third-order valence-corrected chi connectivity index (χ3v) is 5.44. The van der Waals surface area contributed by atoms with Crippen LogP contribution < -0.4 is 0 Å². The summed E-state index contributed by atoms with van der Waals surface area (Å²) in [4.78, 5) is 14.1. The van der Waals surface area contributed by atoms with E-state index >= 15 is 0 Å². The molecule has 0 spiro atoms. The summed E-state index contributed by atoms with van der Waals surface area (Å²) in [6.45, 7) is 5.05. The molecule has 1 aromatic carbocycles. The number of rotatable bonds is 5. The first-order valence-corrected chi connectivity index (χ1v) is 8.18. The van der Waals surface area contributed by atoms with Gasteiger partial charge >= 0.3 is 5.97 Å². The van der Waals surface area contributed by atoms with Crippen LogP contribution in [0.4, 0.5) is 0 Å². The second-order valence-corrected chi connectivity index (χ2v) is 6.74. The summed E-state index contributed by atoms with van der Waals surface area (Å²) in [5.74, 6) is 0.0719. The van der Waals surface area contributed by atoms with Gasteiger partial charge in [-0.3, -0.25) is 4.79 Å². The van der Waals surface area contributed by atoms with E-state index in [4.69, 9.17) is 0 Å². The zero-order valence-electron chi connectivity index (χ0n) is 12.8. The summed E-state index contributed by atoms with van der Waals surface area (Å²) in [5.41, 5.74) is 2.54. The lowest BCUT2D eigenvalue weighted by Crippen LogP contribution is -2.46. The van der Waals surface area contributed by atoms with Crippen LogP contribution in [0.15, 0.2) is 24.3 Å². The molecule has 2 aliphatic rings. The monoisotopic (exact) mass is 287 g/mol. The van der Waals surface area contributed by atoms with Crippen molar-refractivity contribution in [3.8, 4) is 0 Å². The Morgan fingerprint density at radius 3 is 2.67 bits per heavy atom. The van der Waals surface area contributed by atoms with Gasteiger partial charge < -0.3 is 10.0 Å². The highest BCUT2D eigenvalue weighted by Crippen LogP contribution is 2.39. The van der Waals surface area contributed by atoms with Crippen LogP contribution in [-0.2, 0) is 11.2 Å². The third-order valence-electron chi connectivity index (χ3n) is 5.44. The van der Waals surface area contributed by atoms with Crippen molar-refractivity contribution in [2.75, 3.05) is 19.6 Å². The summed E-state index contributed by atoms with van der Waals surface area (Å²) in [7, 11) is 0. The third kappa shape index (κ3) is 2.71. The normalized spacial score (nSPS) is 24.1. The van der Waals surface area contributed by atoms with Crippen LogP contribution in [0.2, 0.25) is 0 Å². The molecule has 1 atom stereocenters. The van der Waals surface area contributed by atoms with Gasteiger partial charge in [-0.1, -0.05) is 37.6 Å². The van der Waals surface area contributed by atoms with E-state index in [1.807, 2.05) is 0 Å². The van der Waals surface area contributed by atoms with E-state index in [1.54, 1.807) is 0 Å². The molecular formula is C18H25NO2. The van der Waals surface area contributed by atoms with Crippen molar-refractivity contribution in [3.63, 3.8) is 0 Å². The fourth-order valence-electron chi connectivity index (χ4n) is 4.05. The van der Waals surface area contributed by atoms with Gasteiger partial charge in [0.1, 0.15) is 0 Å². The van der Waals surface area contributed by atoms with Gasteiger partial charge in [0.25, 0.3) is 0 Å². The van der Waals surface area contributed by atoms with Crippen molar-refractivity contribution in [1.82, 2.24) is 4.90 Å². The fraction of sp³-hybridized carbons (Fsp3) is 0.611. The van der Waals surface area contributed by atoms with E-state index in [9.17, 15) is 9.90 Å². The van der Waals surface area contributed by atoms with Crippen molar-refractivity contribution >= 4 is 5.97 Å². The van der Waals surface area contributed by atoms with Crippen LogP contribution in [0.3, 0.4) is 0 Å². The number of carboxylic acids is 1. The molecular weight excluding hydrogens is 262 g/mol. The van der Waals surface area contributed by atoms with Crippen molar-refractivity contribution in [1.29, 1.82) is 0 Å². The topological polar surface area (TPSA) is 40.5 Å². The van der Waals surface area contributed by atoms with Crippen LogP contribution in [0.1, 0.15) is 49.7 Å². The minimum atomic E-state index is -0.585. The molecule has 3 nitrogen and oxygen atoms in total. The van der Waals surface area contributed by atoms with Crippen molar-refractivity contribution in [2.24, 2.45) is 5.41 Å². The van der Waals surface area contributed by atoms with Crippen molar-refractivity contribution < 1.29 is 9.90 Å². The molecule has 21 heavy (non-hydrogen) atoms. The summed E-state index contributed by atoms with van der Waals surface area (Å²) < 4.78 is 0. The zero-order chi connectivity index (χ0) is 14.9. The number of nitrogens with zero attached hydrogens (tertiary/aromatic N) is 1. The van der Waals surface area contributed by atoms with Crippen LogP contribution in [0, 0.1) is 5.41 Å². The smallest absolute Gasteiger partial charge is 0.309 e. The minimum absolute atomic E-state index is 0.456. The highest BCUT2D eigenvalue weighted by atomic mass is 16.4. The Balaban J connectivity index is 1.56. The van der Waals surface area contributed by atoms with E-state index in [1.165, 1.54) is 17.5 Å². The first-order valence-electron chi connectivity index (χ1n) is 8.18. The molecule has 1 heterocycles. The molecule has 0 amide bonds. The molecule has 1 aromatic rings. The van der Waals surface area contributed by atoms with Crippen LogP contribution >= 0.6 is 0 Å². The van der Waals surface area contributed by atoms with Crippen LogP contribution in [0.5, 0.6) is 0 Å². The second kappa shape index (κ2) is 5.80. The number of hydrogen-bond acceptors (Lipinski definition) is 2. The first kappa shape index (κ1) is 14.6. The lowest BCUT2D eigenvalue weighted by molar-refractivity contribution is -0.152. The van der Waals surface area contributed by atoms with Gasteiger partial charge in [-0.25, -0.2) is 0 Å². The molecule has 0 bridgehead atoms. The molecule has 1 unspecified atom stereocenters. The van der Waals surface area contributed by atoms with Gasteiger partial charge in [-0.2, -0.15) is 0 Å². The summed E-state index contributed by atoms with van der Waals surface area (Å²) in [6.07, 6.45) is 4.59. The number of hydrogen-bond donors (Lipinski definition) is 1. The molecule has 0 saturated carbocycles. The molecule has 1 aliphatic heterocycles. The van der Waals surface area contributed by atoms with E-state index < -0.39 is 11.4 Å². The van der Waals surface area contributed by atoms with Crippen LogP contribution in [-0.4, -0.2) is 35.6 Å². The largest absolute Gasteiger partial charge is 0.481 e. The SMILES string of the molecule is CCCC1(C(=O)O)CCN(CC2Cc3ccccc32)CC1. The predicted octanol–water partition coefficient (Wildman–Crippen LogP) is 3.29. The highest BCUT2D eigenvalue weighted by molar-refractivity contribution is 5.74. The number of aliphatic carboxylic acids is 1. The number of benzene rings is 1. The summed E-state index contributed by atoms with van der Waals surface area (Å²) in [6, 6.07) is 8.70. The Labute approximate surface area is 127 Å². The Morgan fingerprint density at radius 1 is 1.33 bits per heavy atom. The second-order valence-electron chi connectivity index (χ2n) is 6.74. The van der Waals surface area contributed by atoms with Crippen LogP contribution in [0.25, 0.3) is 0 Å². The molecule has 0 radical (unpaired) electrons. The number of piperidine rings is 1. The molecule has 0 aromatic heterocycles. The maximum absolute atomic E-state index is 11.6. The average molecular weight is 287 g/mol. The number of carboxylic acid groups (broad SMARTS) is 1. The predicted molar refractivity (Wildman–Crippen MR) is 83.5 cm³/mol. The van der Waals surface area contributed by atoms with E-state index in [0.717, 1.165) is 45.3 Å². The molecule has 1 N–H and O–H groups in total. The Morgan fingerprint density at radius 2 is 2.05 bits per heavy atom. The fourth-order valence-corrected chi connectivity index (χ4v) is 4.05. The average Bonchev–Trinajstić information content (AvgIpc) is 2.46. The molecule has 1 aliphatic carbocycles. The van der Waals surface area contributed by atoms with Gasteiger partial charge in [-0.15, -0.1) is 0 Å². The van der Waals surface area contributed by atoms with Gasteiger partial charge in [0.15, 0.2) is 0 Å². The molecule has 114 valence electrons. The number of carbonyl (C=O) groups is 1. The standard InChI is InChI=1S/C18H25NO2/c1-2-7-18(17(20)21)8-10-19(11-9-18)13-15-12-14-5-3-4-6-16(14)15/h3-6,15H,2,7-13H2,1H3,(H,20,21). The van der Waals surface area contributed by atoms with E-state index in [0.29, 0.717) is 5.92 Å². The molecule has 1 saturated heterocycles. The van der Waals surface area contributed by atoms with E-state index in [2.05, 4.69) is 36.1 Å². The zero-order valence-corrected chi connectivity index (χ0v) is 12.8. The van der Waals surface area contributed by atoms with Gasteiger partial charge in [0, 0.05) is 12.5 Å². The number of fused-ring (bicyclic) bond motifs is 1. The summed E-state index contributed by atoms with van der Waals surface area (Å²) in [5, 5.41) is 9.56. The Hall–Kier alpha value is -1.35. The highest BCUT2D eigenvalue weighted by Gasteiger charge is 2.41. The van der Waals surface area contributed by atoms with Crippen molar-refractivity contribution in [3.05, 3.63) is 35.4 Å².